The van der Waals surface area contributed by atoms with Crippen LogP contribution in [0, 0.1) is 19.8 Å². The minimum Gasteiger partial charge on any atom is -0.354 e. The Hall–Kier alpha value is -1.69. The van der Waals surface area contributed by atoms with E-state index in [1.807, 2.05) is 19.9 Å². The van der Waals surface area contributed by atoms with Crippen molar-refractivity contribution in [1.82, 2.24) is 19.8 Å². The molecule has 0 spiro atoms. The topological polar surface area (TPSA) is 67.2 Å². The third kappa shape index (κ3) is 4.64. The Bertz CT molecular complexity index is 601. The number of carbonyl (C=O) groups is 1. The van der Waals surface area contributed by atoms with Crippen LogP contribution in [0.3, 0.4) is 0 Å². The Kier molecular flexibility index (Phi) is 5.93. The van der Waals surface area contributed by atoms with Crippen LogP contribution in [0.5, 0.6) is 0 Å². The predicted molar refractivity (Wildman–Crippen MR) is 90.4 cm³/mol. The van der Waals surface area contributed by atoms with Gasteiger partial charge in [0.05, 0.1) is 0 Å². The molecule has 1 saturated heterocycles. The van der Waals surface area contributed by atoms with Crippen LogP contribution in [0.4, 0.5) is 0 Å². The molecule has 1 aromatic rings. The van der Waals surface area contributed by atoms with Crippen molar-refractivity contribution in [2.75, 3.05) is 19.6 Å². The second kappa shape index (κ2) is 7.73. The summed E-state index contributed by atoms with van der Waals surface area (Å²) in [5.74, 6) is 0.207. The Morgan fingerprint density at radius 1 is 1.35 bits per heavy atom. The first kappa shape index (κ1) is 17.7. The number of piperidine rings is 1. The minimum atomic E-state index is -0.248. The molecule has 1 aromatic heterocycles. The molecule has 6 heteroatoms. The van der Waals surface area contributed by atoms with Gasteiger partial charge in [-0.15, -0.1) is 0 Å². The lowest BCUT2D eigenvalue weighted by Gasteiger charge is -2.33. The first-order valence-electron chi connectivity index (χ1n) is 8.45. The predicted octanol–water partition coefficient (Wildman–Crippen LogP) is 1.10. The van der Waals surface area contributed by atoms with E-state index in [1.165, 1.54) is 0 Å². The first-order chi connectivity index (χ1) is 10.9. The van der Waals surface area contributed by atoms with Crippen LogP contribution in [0.25, 0.3) is 0 Å². The third-order valence-electron chi connectivity index (χ3n) is 4.61. The fourth-order valence-corrected chi connectivity index (χ4v) is 3.16. The molecule has 0 unspecified atom stereocenters. The van der Waals surface area contributed by atoms with Crippen molar-refractivity contribution in [2.45, 2.75) is 53.1 Å². The summed E-state index contributed by atoms with van der Waals surface area (Å²) < 4.78 is 1.61. The molecular weight excluding hydrogens is 292 g/mol. The second-order valence-electron chi connectivity index (χ2n) is 6.67. The SMILES string of the molecule is Cc1cc(C)n(CCNC(=O)C2CCN(C(C)C)CC2)c(=O)n1. The molecule has 23 heavy (non-hydrogen) atoms. The quantitative estimate of drug-likeness (QED) is 0.882. The zero-order chi connectivity index (χ0) is 17.0. The van der Waals surface area contributed by atoms with E-state index in [4.69, 9.17) is 0 Å². The van der Waals surface area contributed by atoms with E-state index in [-0.39, 0.29) is 17.5 Å². The lowest BCUT2D eigenvalue weighted by Crippen LogP contribution is -2.43. The standard InChI is InChI=1S/C17H28N4O2/c1-12(2)20-8-5-15(6-9-20)16(22)18-7-10-21-14(4)11-13(3)19-17(21)23/h11-12,15H,5-10H2,1-4H3,(H,18,22). The largest absolute Gasteiger partial charge is 0.354 e. The molecule has 0 aromatic carbocycles. The van der Waals surface area contributed by atoms with E-state index in [0.29, 0.717) is 19.1 Å². The van der Waals surface area contributed by atoms with Gasteiger partial charge in [0.2, 0.25) is 5.91 Å². The number of hydrogen-bond donors (Lipinski definition) is 1. The van der Waals surface area contributed by atoms with Crippen molar-refractivity contribution >= 4 is 5.91 Å². The number of aryl methyl sites for hydroxylation is 2. The maximum Gasteiger partial charge on any atom is 0.348 e. The summed E-state index contributed by atoms with van der Waals surface area (Å²) in [4.78, 5) is 30.5. The summed E-state index contributed by atoms with van der Waals surface area (Å²) in [5, 5.41) is 2.97. The maximum atomic E-state index is 12.3. The summed E-state index contributed by atoms with van der Waals surface area (Å²) in [5.41, 5.74) is 1.36. The van der Waals surface area contributed by atoms with Crippen molar-refractivity contribution in [1.29, 1.82) is 0 Å². The molecule has 1 aliphatic heterocycles. The number of hydrogen-bond acceptors (Lipinski definition) is 4. The Morgan fingerprint density at radius 3 is 2.57 bits per heavy atom. The molecule has 128 valence electrons. The zero-order valence-electron chi connectivity index (χ0n) is 14.6. The molecule has 1 aliphatic rings. The van der Waals surface area contributed by atoms with Crippen LogP contribution in [0.1, 0.15) is 38.1 Å². The van der Waals surface area contributed by atoms with Gasteiger partial charge in [0.1, 0.15) is 0 Å². The molecule has 0 saturated carbocycles. The molecule has 6 nitrogen and oxygen atoms in total. The number of rotatable bonds is 5. The van der Waals surface area contributed by atoms with Gasteiger partial charge in [0.25, 0.3) is 0 Å². The maximum absolute atomic E-state index is 12.3. The van der Waals surface area contributed by atoms with Crippen molar-refractivity contribution in [2.24, 2.45) is 5.92 Å². The molecule has 0 aliphatic carbocycles. The molecular formula is C17H28N4O2. The van der Waals surface area contributed by atoms with E-state index in [0.717, 1.165) is 37.3 Å². The molecule has 0 bridgehead atoms. The molecule has 1 amide bonds. The summed E-state index contributed by atoms with van der Waals surface area (Å²) in [6.45, 7) is 11.0. The summed E-state index contributed by atoms with van der Waals surface area (Å²) in [6, 6.07) is 2.42. The van der Waals surface area contributed by atoms with Gasteiger partial charge in [-0.25, -0.2) is 4.79 Å². The fraction of sp³-hybridized carbons (Fsp3) is 0.706. The highest BCUT2D eigenvalue weighted by atomic mass is 16.2. The molecule has 0 atom stereocenters. The van der Waals surface area contributed by atoms with Crippen LogP contribution in [0.15, 0.2) is 10.9 Å². The minimum absolute atomic E-state index is 0.0963. The third-order valence-corrected chi connectivity index (χ3v) is 4.61. The molecule has 2 heterocycles. The lowest BCUT2D eigenvalue weighted by atomic mass is 9.95. The number of nitrogens with one attached hydrogen (secondary N) is 1. The van der Waals surface area contributed by atoms with E-state index in [9.17, 15) is 9.59 Å². The van der Waals surface area contributed by atoms with Gasteiger partial charge in [-0.2, -0.15) is 4.98 Å². The number of aromatic nitrogens is 2. The van der Waals surface area contributed by atoms with Crippen LogP contribution in [-0.4, -0.2) is 46.0 Å². The van der Waals surface area contributed by atoms with Crippen LogP contribution >= 0.6 is 0 Å². The average molecular weight is 320 g/mol. The summed E-state index contributed by atoms with van der Waals surface area (Å²) in [7, 11) is 0. The van der Waals surface area contributed by atoms with Gasteiger partial charge < -0.3 is 10.2 Å². The summed E-state index contributed by atoms with van der Waals surface area (Å²) in [6.07, 6.45) is 1.82. The Labute approximate surface area is 137 Å². The smallest absolute Gasteiger partial charge is 0.348 e. The van der Waals surface area contributed by atoms with E-state index in [1.54, 1.807) is 4.57 Å². The van der Waals surface area contributed by atoms with E-state index in [2.05, 4.69) is 29.0 Å². The van der Waals surface area contributed by atoms with Gasteiger partial charge in [0, 0.05) is 36.4 Å². The van der Waals surface area contributed by atoms with Gasteiger partial charge in [-0.3, -0.25) is 9.36 Å². The second-order valence-corrected chi connectivity index (χ2v) is 6.67. The Morgan fingerprint density at radius 2 is 2.00 bits per heavy atom. The summed E-state index contributed by atoms with van der Waals surface area (Å²) >= 11 is 0. The van der Waals surface area contributed by atoms with Gasteiger partial charge in [-0.05, 0) is 59.7 Å². The van der Waals surface area contributed by atoms with Crippen molar-refractivity contribution in [3.05, 3.63) is 27.9 Å². The average Bonchev–Trinajstić information content (AvgIpc) is 2.49. The van der Waals surface area contributed by atoms with Gasteiger partial charge in [0.15, 0.2) is 0 Å². The van der Waals surface area contributed by atoms with Crippen molar-refractivity contribution in [3.63, 3.8) is 0 Å². The van der Waals surface area contributed by atoms with E-state index < -0.39 is 0 Å². The highest BCUT2D eigenvalue weighted by Crippen LogP contribution is 2.18. The number of nitrogens with zero attached hydrogens (tertiary/aromatic N) is 3. The normalized spacial score (nSPS) is 16.7. The van der Waals surface area contributed by atoms with Crippen molar-refractivity contribution in [3.8, 4) is 0 Å². The molecule has 0 radical (unpaired) electrons. The van der Waals surface area contributed by atoms with E-state index >= 15 is 0 Å². The van der Waals surface area contributed by atoms with Gasteiger partial charge in [-0.1, -0.05) is 0 Å². The number of carbonyl (C=O) groups excluding carboxylic acids is 1. The highest BCUT2D eigenvalue weighted by Gasteiger charge is 2.25. The zero-order valence-corrected chi connectivity index (χ0v) is 14.6. The highest BCUT2D eigenvalue weighted by molar-refractivity contribution is 5.78. The lowest BCUT2D eigenvalue weighted by molar-refractivity contribution is -0.126. The number of likely N-dealkylation sites (tertiary alicyclic amines) is 1. The molecule has 1 N–H and O–H groups in total. The number of amides is 1. The fourth-order valence-electron chi connectivity index (χ4n) is 3.16. The molecule has 1 fully saturated rings. The van der Waals surface area contributed by atoms with Crippen LogP contribution in [-0.2, 0) is 11.3 Å². The van der Waals surface area contributed by atoms with Gasteiger partial charge >= 0.3 is 5.69 Å². The molecule has 2 rings (SSSR count). The van der Waals surface area contributed by atoms with Crippen LogP contribution in [0.2, 0.25) is 0 Å². The van der Waals surface area contributed by atoms with Crippen LogP contribution < -0.4 is 11.0 Å². The Balaban J connectivity index is 1.81. The van der Waals surface area contributed by atoms with Crippen molar-refractivity contribution < 1.29 is 4.79 Å². The monoisotopic (exact) mass is 320 g/mol. The first-order valence-corrected chi connectivity index (χ1v) is 8.45.